The monoisotopic (exact) mass is 462 g/mol. The molecule has 0 N–H and O–H groups in total. The zero-order valence-corrected chi connectivity index (χ0v) is 20.7. The van der Waals surface area contributed by atoms with Crippen molar-refractivity contribution < 1.29 is 9.47 Å². The number of hydrogen-bond donors (Lipinski definition) is 0. The van der Waals surface area contributed by atoms with Crippen LogP contribution in [-0.2, 0) is 13.2 Å². The van der Waals surface area contributed by atoms with Crippen LogP contribution in [0.15, 0.2) is 54.6 Å². The highest BCUT2D eigenvalue weighted by molar-refractivity contribution is 6.32. The summed E-state index contributed by atoms with van der Waals surface area (Å²) in [5.74, 6) is 3.03. The quantitative estimate of drug-likeness (QED) is 0.273. The van der Waals surface area contributed by atoms with Gasteiger partial charge in [0.2, 0.25) is 0 Å². The summed E-state index contributed by atoms with van der Waals surface area (Å²) in [5, 5.41) is 0.791. The van der Waals surface area contributed by atoms with Crippen LogP contribution in [0.2, 0.25) is 5.02 Å². The average molecular weight is 463 g/mol. The highest BCUT2D eigenvalue weighted by Gasteiger charge is 2.14. The van der Waals surface area contributed by atoms with E-state index < -0.39 is 0 Å². The van der Waals surface area contributed by atoms with Crippen LogP contribution in [0.1, 0.15) is 47.8 Å². The SMILES string of the molecule is Cc1ccc(C(C)C)c(OCc2nc3ccccc3n2CCOc2cc(C)c(Cl)c(C)c2)c1. The zero-order valence-electron chi connectivity index (χ0n) is 20.0. The van der Waals surface area contributed by atoms with Crippen molar-refractivity contribution in [1.29, 1.82) is 0 Å². The lowest BCUT2D eigenvalue weighted by atomic mass is 10.0. The summed E-state index contributed by atoms with van der Waals surface area (Å²) in [5.41, 5.74) is 6.48. The van der Waals surface area contributed by atoms with Crippen molar-refractivity contribution in [3.8, 4) is 11.5 Å². The summed E-state index contributed by atoms with van der Waals surface area (Å²) < 4.78 is 14.6. The van der Waals surface area contributed by atoms with E-state index >= 15 is 0 Å². The Bertz CT molecular complexity index is 1250. The van der Waals surface area contributed by atoms with Gasteiger partial charge in [-0.1, -0.05) is 49.7 Å². The molecule has 5 heteroatoms. The summed E-state index contributed by atoms with van der Waals surface area (Å²) in [7, 11) is 0. The zero-order chi connectivity index (χ0) is 23.5. The Balaban J connectivity index is 1.55. The topological polar surface area (TPSA) is 36.3 Å². The Kier molecular flexibility index (Phi) is 6.94. The van der Waals surface area contributed by atoms with Crippen molar-refractivity contribution in [2.45, 2.75) is 53.7 Å². The summed E-state index contributed by atoms with van der Waals surface area (Å²) in [6.45, 7) is 12.0. The number of fused-ring (bicyclic) bond motifs is 1. The van der Waals surface area contributed by atoms with Gasteiger partial charge < -0.3 is 14.0 Å². The Morgan fingerprint density at radius 3 is 2.39 bits per heavy atom. The summed E-state index contributed by atoms with van der Waals surface area (Å²) >= 11 is 6.29. The second-order valence-corrected chi connectivity index (χ2v) is 9.25. The molecule has 4 rings (SSSR count). The van der Waals surface area contributed by atoms with Crippen molar-refractivity contribution in [2.24, 2.45) is 0 Å². The average Bonchev–Trinajstić information content (AvgIpc) is 3.13. The molecule has 0 unspecified atom stereocenters. The molecule has 3 aromatic carbocycles. The number of imidazole rings is 1. The molecule has 172 valence electrons. The third kappa shape index (κ3) is 5.17. The highest BCUT2D eigenvalue weighted by atomic mass is 35.5. The fourth-order valence-electron chi connectivity index (χ4n) is 4.12. The fourth-order valence-corrected chi connectivity index (χ4v) is 4.22. The maximum Gasteiger partial charge on any atom is 0.148 e. The van der Waals surface area contributed by atoms with E-state index in [1.165, 1.54) is 11.1 Å². The Hall–Kier alpha value is -2.98. The summed E-state index contributed by atoms with van der Waals surface area (Å²) in [6, 6.07) is 18.5. The van der Waals surface area contributed by atoms with Crippen LogP contribution >= 0.6 is 11.6 Å². The number of aromatic nitrogens is 2. The predicted molar refractivity (Wildman–Crippen MR) is 136 cm³/mol. The molecule has 0 radical (unpaired) electrons. The van der Waals surface area contributed by atoms with Gasteiger partial charge in [0.1, 0.15) is 30.5 Å². The van der Waals surface area contributed by atoms with Gasteiger partial charge in [0, 0.05) is 5.02 Å². The molecule has 1 aromatic heterocycles. The van der Waals surface area contributed by atoms with E-state index in [1.807, 2.05) is 44.2 Å². The molecule has 0 aliphatic rings. The standard InChI is InChI=1S/C28H31ClN2O2/c1-18(2)23-11-10-19(3)14-26(23)33-17-27-30-24-8-6-7-9-25(24)31(27)12-13-32-22-15-20(4)28(29)21(5)16-22/h6-11,14-16,18H,12-13,17H2,1-5H3. The lowest BCUT2D eigenvalue weighted by molar-refractivity contribution is 0.270. The lowest BCUT2D eigenvalue weighted by Crippen LogP contribution is -2.13. The van der Waals surface area contributed by atoms with Crippen LogP contribution in [0.4, 0.5) is 0 Å². The maximum atomic E-state index is 6.31. The highest BCUT2D eigenvalue weighted by Crippen LogP contribution is 2.29. The fraction of sp³-hybridized carbons (Fsp3) is 0.321. The molecular formula is C28H31ClN2O2. The van der Waals surface area contributed by atoms with Crippen LogP contribution in [0.5, 0.6) is 11.5 Å². The molecule has 0 aliphatic heterocycles. The van der Waals surface area contributed by atoms with Crippen LogP contribution < -0.4 is 9.47 Å². The molecule has 0 amide bonds. The Morgan fingerprint density at radius 2 is 1.67 bits per heavy atom. The van der Waals surface area contributed by atoms with Gasteiger partial charge in [0.05, 0.1) is 17.6 Å². The minimum Gasteiger partial charge on any atom is -0.492 e. The molecule has 0 fully saturated rings. The van der Waals surface area contributed by atoms with Gasteiger partial charge in [0.25, 0.3) is 0 Å². The normalized spacial score (nSPS) is 11.4. The molecule has 0 saturated carbocycles. The number of para-hydroxylation sites is 2. The number of rotatable bonds is 8. The number of ether oxygens (including phenoxy) is 2. The minimum absolute atomic E-state index is 0.388. The van der Waals surface area contributed by atoms with Crippen molar-refractivity contribution in [1.82, 2.24) is 9.55 Å². The molecule has 4 nitrogen and oxygen atoms in total. The van der Waals surface area contributed by atoms with Crippen LogP contribution in [0.3, 0.4) is 0 Å². The van der Waals surface area contributed by atoms with E-state index in [9.17, 15) is 0 Å². The van der Waals surface area contributed by atoms with Gasteiger partial charge in [-0.05, 0) is 79.3 Å². The van der Waals surface area contributed by atoms with Gasteiger partial charge in [-0.25, -0.2) is 4.98 Å². The second kappa shape index (κ2) is 9.88. The van der Waals surface area contributed by atoms with Crippen LogP contribution in [0.25, 0.3) is 11.0 Å². The third-order valence-electron chi connectivity index (χ3n) is 5.88. The number of aryl methyl sites for hydroxylation is 3. The molecule has 0 saturated heterocycles. The molecule has 0 atom stereocenters. The third-order valence-corrected chi connectivity index (χ3v) is 6.47. The van der Waals surface area contributed by atoms with E-state index in [0.717, 1.165) is 44.5 Å². The minimum atomic E-state index is 0.388. The first-order valence-corrected chi connectivity index (χ1v) is 11.8. The van der Waals surface area contributed by atoms with Crippen molar-refractivity contribution >= 4 is 22.6 Å². The number of benzene rings is 3. The second-order valence-electron chi connectivity index (χ2n) is 8.87. The van der Waals surface area contributed by atoms with Gasteiger partial charge in [-0.3, -0.25) is 0 Å². The molecular weight excluding hydrogens is 432 g/mol. The van der Waals surface area contributed by atoms with Gasteiger partial charge in [-0.2, -0.15) is 0 Å². The molecule has 33 heavy (non-hydrogen) atoms. The number of halogens is 1. The molecule has 1 heterocycles. The van der Waals surface area contributed by atoms with Crippen molar-refractivity contribution in [3.63, 3.8) is 0 Å². The van der Waals surface area contributed by atoms with E-state index in [1.54, 1.807) is 0 Å². The van der Waals surface area contributed by atoms with Crippen molar-refractivity contribution in [3.05, 3.63) is 87.7 Å². The van der Waals surface area contributed by atoms with E-state index in [0.29, 0.717) is 25.7 Å². The summed E-state index contributed by atoms with van der Waals surface area (Å²) in [4.78, 5) is 4.86. The van der Waals surface area contributed by atoms with Crippen LogP contribution in [-0.4, -0.2) is 16.2 Å². The van der Waals surface area contributed by atoms with E-state index in [2.05, 4.69) is 49.6 Å². The molecule has 4 aromatic rings. The van der Waals surface area contributed by atoms with Gasteiger partial charge in [-0.15, -0.1) is 0 Å². The van der Waals surface area contributed by atoms with Crippen LogP contribution in [0, 0.1) is 20.8 Å². The number of nitrogens with zero attached hydrogens (tertiary/aromatic N) is 2. The van der Waals surface area contributed by atoms with Gasteiger partial charge >= 0.3 is 0 Å². The Labute approximate surface area is 201 Å². The van der Waals surface area contributed by atoms with E-state index in [-0.39, 0.29) is 0 Å². The smallest absolute Gasteiger partial charge is 0.148 e. The maximum absolute atomic E-state index is 6.31. The Morgan fingerprint density at radius 1 is 0.939 bits per heavy atom. The predicted octanol–water partition coefficient (Wildman–Crippen LogP) is 7.40. The molecule has 0 aliphatic carbocycles. The summed E-state index contributed by atoms with van der Waals surface area (Å²) in [6.07, 6.45) is 0. The van der Waals surface area contributed by atoms with E-state index in [4.69, 9.17) is 26.1 Å². The van der Waals surface area contributed by atoms with Gasteiger partial charge in [0.15, 0.2) is 0 Å². The first kappa shape index (κ1) is 23.2. The number of hydrogen-bond acceptors (Lipinski definition) is 3. The molecule has 0 spiro atoms. The largest absolute Gasteiger partial charge is 0.492 e. The van der Waals surface area contributed by atoms with Crippen molar-refractivity contribution in [2.75, 3.05) is 6.61 Å². The lowest BCUT2D eigenvalue weighted by Gasteiger charge is -2.16. The molecule has 0 bridgehead atoms. The first-order valence-electron chi connectivity index (χ1n) is 11.4. The first-order chi connectivity index (χ1) is 15.8.